The summed E-state index contributed by atoms with van der Waals surface area (Å²) in [5.74, 6) is 5.83. The molecule has 0 N–H and O–H groups in total. The van der Waals surface area contributed by atoms with Gasteiger partial charge in [-0.15, -0.1) is 0 Å². The molecule has 0 spiro atoms. The minimum atomic E-state index is -2.93. The second kappa shape index (κ2) is 10.1. The van der Waals surface area contributed by atoms with E-state index in [0.717, 1.165) is 28.3 Å². The van der Waals surface area contributed by atoms with Crippen LogP contribution in [0.15, 0.2) is 140 Å². The van der Waals surface area contributed by atoms with Crippen LogP contribution >= 0.6 is 0 Å². The van der Waals surface area contributed by atoms with Crippen molar-refractivity contribution in [3.05, 3.63) is 151 Å². The Morgan fingerprint density at radius 2 is 1.24 bits per heavy atom. The van der Waals surface area contributed by atoms with Gasteiger partial charge in [0.2, 0.25) is 0 Å². The molecule has 4 heteroatoms. The maximum absolute atomic E-state index is 5.36. The van der Waals surface area contributed by atoms with Gasteiger partial charge in [0.15, 0.2) is 0 Å². The fourth-order valence-electron chi connectivity index (χ4n) is 8.81. The molecule has 0 fully saturated rings. The minimum absolute atomic E-state index is 0.0682. The van der Waals surface area contributed by atoms with Crippen molar-refractivity contribution in [2.45, 2.75) is 30.8 Å². The van der Waals surface area contributed by atoms with Crippen molar-refractivity contribution in [2.75, 3.05) is 0 Å². The number of rotatable bonds is 3. The molecule has 49 heavy (non-hydrogen) atoms. The van der Waals surface area contributed by atoms with Crippen LogP contribution < -0.4 is 8.79 Å². The maximum atomic E-state index is 5.36. The van der Waals surface area contributed by atoms with E-state index in [1.807, 2.05) is 6.07 Å². The third kappa shape index (κ3) is 3.91. The summed E-state index contributed by atoms with van der Waals surface area (Å²) in [5, 5.41) is 2.59. The van der Waals surface area contributed by atoms with E-state index < -0.39 is 13.3 Å². The predicted octanol–water partition coefficient (Wildman–Crippen LogP) is 10.0. The molecular weight excluding hydrogens is 655 g/mol. The van der Waals surface area contributed by atoms with Gasteiger partial charge in [-0.25, -0.2) is 0 Å². The first-order valence-corrected chi connectivity index (χ1v) is 23.5. The Morgan fingerprint density at radius 1 is 0.571 bits per heavy atom. The molecule has 0 atom stereocenters. The van der Waals surface area contributed by atoms with Crippen molar-refractivity contribution < 1.29 is 0 Å². The van der Waals surface area contributed by atoms with Crippen molar-refractivity contribution in [2.24, 2.45) is 0 Å². The summed E-state index contributed by atoms with van der Waals surface area (Å²) in [6.07, 6.45) is 0. The zero-order chi connectivity index (χ0) is 33.1. The van der Waals surface area contributed by atoms with Crippen LogP contribution in [0.2, 0.25) is 11.5 Å². The Hall–Kier alpha value is -5.26. The molecule has 0 saturated heterocycles. The topological polar surface area (TPSA) is 30.7 Å². The summed E-state index contributed by atoms with van der Waals surface area (Å²) in [4.78, 5) is 10.7. The quantitative estimate of drug-likeness (QED) is 0.173. The van der Waals surface area contributed by atoms with Crippen molar-refractivity contribution in [1.29, 1.82) is 0 Å². The molecule has 1 aliphatic heterocycles. The van der Waals surface area contributed by atoms with Gasteiger partial charge in [-0.3, -0.25) is 0 Å². The summed E-state index contributed by atoms with van der Waals surface area (Å²) in [7, 11) is 0. The summed E-state index contributed by atoms with van der Waals surface area (Å²) in [6.45, 7) is 4.74. The number of fused-ring (bicyclic) bond motifs is 10. The summed E-state index contributed by atoms with van der Waals surface area (Å²) >= 11 is -2.93. The number of aromatic nitrogens is 3. The van der Waals surface area contributed by atoms with E-state index in [9.17, 15) is 0 Å². The van der Waals surface area contributed by atoms with Gasteiger partial charge in [0, 0.05) is 0 Å². The van der Waals surface area contributed by atoms with Crippen LogP contribution in [-0.2, 0) is 5.41 Å². The molecule has 6 aromatic carbocycles. The molecule has 0 saturated carbocycles. The van der Waals surface area contributed by atoms with E-state index in [2.05, 4.69) is 163 Å². The normalized spacial score (nSPS) is 14.9. The van der Waals surface area contributed by atoms with Gasteiger partial charge in [-0.05, 0) is 0 Å². The fourth-order valence-corrected chi connectivity index (χ4v) is 15.6. The Morgan fingerprint density at radius 3 is 2.04 bits per heavy atom. The first kappa shape index (κ1) is 28.7. The van der Waals surface area contributed by atoms with E-state index in [-0.39, 0.29) is 5.41 Å². The number of nitrogens with zero attached hydrogens (tertiary/aromatic N) is 3. The van der Waals surface area contributed by atoms with E-state index >= 15 is 0 Å². The Bertz CT molecular complexity index is 2650. The van der Waals surface area contributed by atoms with E-state index in [1.54, 1.807) is 0 Å². The van der Waals surface area contributed by atoms with Crippen LogP contribution in [-0.4, -0.2) is 27.8 Å². The first-order valence-electron chi connectivity index (χ1n) is 17.2. The second-order valence-electron chi connectivity index (χ2n) is 14.6. The summed E-state index contributed by atoms with van der Waals surface area (Å²) in [6, 6.07) is 50.9. The van der Waals surface area contributed by atoms with Crippen molar-refractivity contribution >= 4 is 43.9 Å². The summed E-state index contributed by atoms with van der Waals surface area (Å²) in [5.41, 5.74) is 14.8. The van der Waals surface area contributed by atoms with Gasteiger partial charge in [-0.2, -0.15) is 0 Å². The van der Waals surface area contributed by atoms with Crippen molar-refractivity contribution in [3.8, 4) is 50.7 Å². The molecule has 0 amide bonds. The first-order chi connectivity index (χ1) is 23.8. The van der Waals surface area contributed by atoms with Gasteiger partial charge in [-0.1, -0.05) is 0 Å². The van der Waals surface area contributed by atoms with E-state index in [0.29, 0.717) is 0 Å². The van der Waals surface area contributed by atoms with Gasteiger partial charge >= 0.3 is 291 Å². The third-order valence-corrected chi connectivity index (χ3v) is 18.5. The summed E-state index contributed by atoms with van der Waals surface area (Å²) < 4.78 is 5.38. The van der Waals surface area contributed by atoms with Gasteiger partial charge in [0.25, 0.3) is 0 Å². The fraction of sp³-hybridized carbons (Fsp3) is 0.111. The average molecular weight is 690 g/mol. The van der Waals surface area contributed by atoms with Crippen LogP contribution in [0.3, 0.4) is 0 Å². The second-order valence-corrected chi connectivity index (χ2v) is 23.6. The molecule has 0 radical (unpaired) electrons. The zero-order valence-electron chi connectivity index (χ0n) is 28.1. The predicted molar refractivity (Wildman–Crippen MR) is 207 cm³/mol. The Labute approximate surface area is 289 Å². The molecule has 8 aromatic rings. The van der Waals surface area contributed by atoms with Gasteiger partial charge in [0.05, 0.1) is 0 Å². The standard InChI is InChI=1S/C45H35GeN3/c1-45(2)35-21-13-11-20-33(35)39-36(45)26-25-32-31-19-12-14-22-38(31)49(43(32)39)30-23-24-34-37(27-30)46(3,4)40-41(28-15-7-5-8-16-28)47-44(48-42(34)40)29-17-9-6-10-18-29/h5-27H,1-4H3. The van der Waals surface area contributed by atoms with Gasteiger partial charge in [0.1, 0.15) is 0 Å². The van der Waals surface area contributed by atoms with E-state index in [1.165, 1.54) is 64.1 Å². The van der Waals surface area contributed by atoms with Crippen molar-refractivity contribution in [1.82, 2.24) is 14.5 Å². The monoisotopic (exact) mass is 691 g/mol. The Balaban J connectivity index is 1.26. The number of benzene rings is 6. The van der Waals surface area contributed by atoms with Crippen molar-refractivity contribution in [3.63, 3.8) is 0 Å². The molecular formula is C45H35GeN3. The number of hydrogen-bond donors (Lipinski definition) is 0. The average Bonchev–Trinajstić information content (AvgIpc) is 3.69. The van der Waals surface area contributed by atoms with Crippen LogP contribution in [0.25, 0.3) is 72.5 Å². The molecule has 0 bridgehead atoms. The van der Waals surface area contributed by atoms with Crippen LogP contribution in [0.5, 0.6) is 0 Å². The zero-order valence-corrected chi connectivity index (χ0v) is 30.2. The third-order valence-electron chi connectivity index (χ3n) is 11.2. The van der Waals surface area contributed by atoms with Crippen LogP contribution in [0, 0.1) is 0 Å². The Kier molecular flexibility index (Phi) is 5.94. The molecule has 2 aromatic heterocycles. The molecule has 0 unspecified atom stereocenters. The molecule has 234 valence electrons. The van der Waals surface area contributed by atoms with Gasteiger partial charge < -0.3 is 0 Å². The molecule has 2 aliphatic rings. The molecule has 3 nitrogen and oxygen atoms in total. The molecule has 3 heterocycles. The SMILES string of the molecule is CC1(C)c2ccccc2-c2c1ccc1c3ccccc3n(-c3ccc4[c](c3)[Ge]([CH3])([CH3])[c]3c(-c5ccccc5)nc(-c5ccccc5)nc3-4)c21. The van der Waals surface area contributed by atoms with Crippen LogP contribution in [0.4, 0.5) is 0 Å². The molecule has 10 rings (SSSR count). The van der Waals surface area contributed by atoms with Crippen LogP contribution in [0.1, 0.15) is 25.0 Å². The number of para-hydroxylation sites is 1. The van der Waals surface area contributed by atoms with E-state index in [4.69, 9.17) is 9.97 Å². The number of hydrogen-bond acceptors (Lipinski definition) is 2. The molecule has 1 aliphatic carbocycles.